The summed E-state index contributed by atoms with van der Waals surface area (Å²) in [5, 5.41) is 10.6. The van der Waals surface area contributed by atoms with E-state index in [-0.39, 0.29) is 0 Å². The van der Waals surface area contributed by atoms with Crippen LogP contribution in [0.2, 0.25) is 0 Å². The van der Waals surface area contributed by atoms with Crippen molar-refractivity contribution in [3.8, 4) is 0 Å². The van der Waals surface area contributed by atoms with E-state index >= 15 is 0 Å². The molecule has 0 saturated heterocycles. The second-order valence-corrected chi connectivity index (χ2v) is 3.15. The molecule has 0 unspecified atom stereocenters. The first-order valence-electron chi connectivity index (χ1n) is 4.55. The van der Waals surface area contributed by atoms with Crippen LogP contribution >= 0.6 is 0 Å². The van der Waals surface area contributed by atoms with Gasteiger partial charge < -0.3 is 14.9 Å². The van der Waals surface area contributed by atoms with Gasteiger partial charge in [0.2, 0.25) is 0 Å². The Bertz CT molecular complexity index is 493. The SMILES string of the molecule is COC(=O)Cc1cc(F)c(C(F)F)nc1[N+](=O)[O-]. The lowest BCUT2D eigenvalue weighted by atomic mass is 10.1. The summed E-state index contributed by atoms with van der Waals surface area (Å²) in [6, 6.07) is 0.490. The van der Waals surface area contributed by atoms with E-state index in [1.165, 1.54) is 0 Å². The summed E-state index contributed by atoms with van der Waals surface area (Å²) in [5.41, 5.74) is -1.75. The summed E-state index contributed by atoms with van der Waals surface area (Å²) < 4.78 is 42.1. The topological polar surface area (TPSA) is 82.3 Å². The van der Waals surface area contributed by atoms with Gasteiger partial charge in [0.1, 0.15) is 0 Å². The maximum atomic E-state index is 13.2. The quantitative estimate of drug-likeness (QED) is 0.470. The molecule has 0 amide bonds. The minimum absolute atomic E-state index is 0.422. The summed E-state index contributed by atoms with van der Waals surface area (Å²) in [6.07, 6.45) is -3.91. The molecule has 0 aromatic carbocycles. The minimum atomic E-state index is -3.28. The highest BCUT2D eigenvalue weighted by Gasteiger charge is 2.28. The maximum absolute atomic E-state index is 13.2. The summed E-state index contributed by atoms with van der Waals surface area (Å²) in [5.74, 6) is -3.27. The van der Waals surface area contributed by atoms with E-state index in [0.717, 1.165) is 7.11 Å². The number of rotatable bonds is 4. The Morgan fingerprint density at radius 3 is 2.67 bits per heavy atom. The fourth-order valence-electron chi connectivity index (χ4n) is 1.20. The molecule has 9 heteroatoms. The predicted molar refractivity (Wildman–Crippen MR) is 51.5 cm³/mol. The summed E-state index contributed by atoms with van der Waals surface area (Å²) in [4.78, 5) is 23.4. The molecular weight excluding hydrogens is 257 g/mol. The molecule has 0 N–H and O–H groups in total. The molecule has 0 atom stereocenters. The summed E-state index contributed by atoms with van der Waals surface area (Å²) in [6.45, 7) is 0. The molecule has 18 heavy (non-hydrogen) atoms. The number of methoxy groups -OCH3 is 1. The van der Waals surface area contributed by atoms with E-state index in [1.54, 1.807) is 0 Å². The zero-order valence-corrected chi connectivity index (χ0v) is 9.02. The molecule has 0 aliphatic rings. The first-order chi connectivity index (χ1) is 8.36. The lowest BCUT2D eigenvalue weighted by Crippen LogP contribution is -2.10. The Kier molecular flexibility index (Phi) is 4.18. The Balaban J connectivity index is 3.29. The van der Waals surface area contributed by atoms with Crippen molar-refractivity contribution in [2.75, 3.05) is 7.11 Å². The summed E-state index contributed by atoms with van der Waals surface area (Å²) >= 11 is 0. The van der Waals surface area contributed by atoms with Crippen molar-refractivity contribution in [2.45, 2.75) is 12.8 Å². The number of hydrogen-bond donors (Lipinski definition) is 0. The lowest BCUT2D eigenvalue weighted by Gasteiger charge is -2.04. The van der Waals surface area contributed by atoms with Crippen LogP contribution in [0.3, 0.4) is 0 Å². The molecule has 1 heterocycles. The third kappa shape index (κ3) is 2.93. The number of nitrogens with zero attached hydrogens (tertiary/aromatic N) is 2. The van der Waals surface area contributed by atoms with Crippen LogP contribution in [-0.4, -0.2) is 23.0 Å². The van der Waals surface area contributed by atoms with Crippen LogP contribution in [0.4, 0.5) is 19.0 Å². The van der Waals surface area contributed by atoms with Crippen LogP contribution in [0, 0.1) is 15.9 Å². The fraction of sp³-hybridized carbons (Fsp3) is 0.333. The van der Waals surface area contributed by atoms with Gasteiger partial charge in [-0.3, -0.25) is 4.79 Å². The summed E-state index contributed by atoms with van der Waals surface area (Å²) in [7, 11) is 1.03. The van der Waals surface area contributed by atoms with Gasteiger partial charge in [0.15, 0.2) is 5.82 Å². The Hall–Kier alpha value is -2.19. The van der Waals surface area contributed by atoms with Gasteiger partial charge in [-0.1, -0.05) is 0 Å². The molecule has 1 aromatic rings. The van der Waals surface area contributed by atoms with Crippen LogP contribution < -0.4 is 0 Å². The molecule has 0 radical (unpaired) electrons. The normalized spacial score (nSPS) is 10.5. The van der Waals surface area contributed by atoms with Crippen LogP contribution in [0.25, 0.3) is 0 Å². The largest absolute Gasteiger partial charge is 0.469 e. The smallest absolute Gasteiger partial charge is 0.367 e. The monoisotopic (exact) mass is 264 g/mol. The molecule has 0 aliphatic carbocycles. The maximum Gasteiger partial charge on any atom is 0.367 e. The van der Waals surface area contributed by atoms with Crippen molar-refractivity contribution in [2.24, 2.45) is 0 Å². The van der Waals surface area contributed by atoms with Crippen molar-refractivity contribution in [1.82, 2.24) is 4.98 Å². The van der Waals surface area contributed by atoms with E-state index < -0.39 is 46.6 Å². The Labute approximate surface area is 98.5 Å². The number of ether oxygens (including phenoxy) is 1. The third-order valence-electron chi connectivity index (χ3n) is 2.00. The highest BCUT2D eigenvalue weighted by atomic mass is 19.3. The first kappa shape index (κ1) is 13.9. The van der Waals surface area contributed by atoms with Gasteiger partial charge >= 0.3 is 18.2 Å². The number of aromatic nitrogens is 1. The number of alkyl halides is 2. The molecule has 98 valence electrons. The van der Waals surface area contributed by atoms with Crippen LogP contribution in [-0.2, 0) is 16.0 Å². The van der Waals surface area contributed by atoms with Gasteiger partial charge in [0.25, 0.3) is 5.69 Å². The van der Waals surface area contributed by atoms with E-state index in [9.17, 15) is 28.1 Å². The first-order valence-corrected chi connectivity index (χ1v) is 4.55. The minimum Gasteiger partial charge on any atom is -0.469 e. The van der Waals surface area contributed by atoms with Gasteiger partial charge in [0.05, 0.1) is 19.1 Å². The number of hydrogen-bond acceptors (Lipinski definition) is 5. The van der Waals surface area contributed by atoms with Crippen LogP contribution in [0.15, 0.2) is 6.07 Å². The van der Waals surface area contributed by atoms with Crippen molar-refractivity contribution < 1.29 is 27.6 Å². The Morgan fingerprint density at radius 2 is 2.22 bits per heavy atom. The zero-order chi connectivity index (χ0) is 13.9. The highest BCUT2D eigenvalue weighted by Crippen LogP contribution is 2.26. The molecule has 1 aromatic heterocycles. The molecular formula is C9H7F3N2O4. The number of carbonyl (C=O) groups is 1. The van der Waals surface area contributed by atoms with Crippen molar-refractivity contribution >= 4 is 11.8 Å². The molecule has 0 fully saturated rings. The van der Waals surface area contributed by atoms with Crippen LogP contribution in [0.1, 0.15) is 17.7 Å². The van der Waals surface area contributed by atoms with Gasteiger partial charge in [-0.05, 0) is 16.0 Å². The van der Waals surface area contributed by atoms with E-state index in [4.69, 9.17) is 0 Å². The molecule has 6 nitrogen and oxygen atoms in total. The van der Waals surface area contributed by atoms with Crippen molar-refractivity contribution in [1.29, 1.82) is 0 Å². The van der Waals surface area contributed by atoms with E-state index in [0.29, 0.717) is 6.07 Å². The second kappa shape index (κ2) is 5.43. The number of nitro groups is 1. The number of halogens is 3. The molecule has 0 saturated carbocycles. The average molecular weight is 264 g/mol. The van der Waals surface area contributed by atoms with Crippen molar-refractivity contribution in [3.63, 3.8) is 0 Å². The van der Waals surface area contributed by atoms with E-state index in [2.05, 4.69) is 9.72 Å². The number of esters is 1. The van der Waals surface area contributed by atoms with Gasteiger partial charge in [-0.25, -0.2) is 13.2 Å². The van der Waals surface area contributed by atoms with Gasteiger partial charge in [-0.2, -0.15) is 0 Å². The standard InChI is InChI=1S/C9H7F3N2O4/c1-18-6(15)3-4-2-5(10)7(8(11)12)13-9(4)14(16)17/h2,8H,3H2,1H3. The molecule has 0 spiro atoms. The highest BCUT2D eigenvalue weighted by molar-refractivity contribution is 5.73. The Morgan fingerprint density at radius 1 is 1.61 bits per heavy atom. The number of pyridine rings is 1. The van der Waals surface area contributed by atoms with Crippen molar-refractivity contribution in [3.05, 3.63) is 33.3 Å². The average Bonchev–Trinajstić information content (AvgIpc) is 2.27. The van der Waals surface area contributed by atoms with Gasteiger partial charge in [0, 0.05) is 0 Å². The van der Waals surface area contributed by atoms with Crippen LogP contribution in [0.5, 0.6) is 0 Å². The van der Waals surface area contributed by atoms with E-state index in [1.807, 2.05) is 0 Å². The fourth-order valence-corrected chi connectivity index (χ4v) is 1.20. The number of carbonyl (C=O) groups excluding carboxylic acids is 1. The predicted octanol–water partition coefficient (Wildman–Crippen LogP) is 1.78. The zero-order valence-electron chi connectivity index (χ0n) is 9.02. The molecule has 1 rings (SSSR count). The second-order valence-electron chi connectivity index (χ2n) is 3.15. The lowest BCUT2D eigenvalue weighted by molar-refractivity contribution is -0.390. The molecule has 0 bridgehead atoms. The third-order valence-corrected chi connectivity index (χ3v) is 2.00. The van der Waals surface area contributed by atoms with Gasteiger partial charge in [-0.15, -0.1) is 0 Å². The molecule has 0 aliphatic heterocycles.